The summed E-state index contributed by atoms with van der Waals surface area (Å²) in [6.45, 7) is 1.89. The van der Waals surface area contributed by atoms with E-state index >= 15 is 0 Å². The van der Waals surface area contributed by atoms with Gasteiger partial charge in [0.2, 0.25) is 0 Å². The van der Waals surface area contributed by atoms with E-state index in [1.807, 2.05) is 19.1 Å². The molecule has 0 saturated carbocycles. The lowest BCUT2D eigenvalue weighted by molar-refractivity contribution is 1.07. The number of benzene rings is 1. The van der Waals surface area contributed by atoms with Crippen LogP contribution < -0.4 is 5.73 Å². The highest BCUT2D eigenvalue weighted by Gasteiger charge is 2.19. The Kier molecular flexibility index (Phi) is 3.82. The van der Waals surface area contributed by atoms with Crippen molar-refractivity contribution in [2.45, 2.75) is 12.8 Å². The minimum Gasteiger partial charge on any atom is -0.398 e. The molecular formula is C13H10Cl2N2S. The summed E-state index contributed by atoms with van der Waals surface area (Å²) in [7, 11) is 0. The highest BCUT2D eigenvalue weighted by atomic mass is 35.5. The highest BCUT2D eigenvalue weighted by molar-refractivity contribution is 7.16. The fourth-order valence-corrected chi connectivity index (χ4v) is 3.12. The van der Waals surface area contributed by atoms with Gasteiger partial charge in [0.05, 0.1) is 10.4 Å². The largest absolute Gasteiger partial charge is 0.398 e. The summed E-state index contributed by atoms with van der Waals surface area (Å²) in [6.07, 6.45) is 0. The minimum absolute atomic E-state index is 0.408. The second-order valence-electron chi connectivity index (χ2n) is 3.93. The third-order valence-electron chi connectivity index (χ3n) is 2.70. The SMILES string of the molecule is Cc1cc(C(C#N)c2ccc(Cl)s2)c(Cl)cc1N. The van der Waals surface area contributed by atoms with Crippen molar-refractivity contribution in [1.82, 2.24) is 0 Å². The summed E-state index contributed by atoms with van der Waals surface area (Å²) >= 11 is 13.5. The van der Waals surface area contributed by atoms with Crippen molar-refractivity contribution in [3.8, 4) is 6.07 Å². The van der Waals surface area contributed by atoms with Crippen molar-refractivity contribution in [2.24, 2.45) is 0 Å². The van der Waals surface area contributed by atoms with E-state index in [1.165, 1.54) is 11.3 Å². The number of halogens is 2. The zero-order chi connectivity index (χ0) is 13.3. The van der Waals surface area contributed by atoms with Crippen molar-refractivity contribution in [3.63, 3.8) is 0 Å². The maximum absolute atomic E-state index is 9.35. The van der Waals surface area contributed by atoms with Gasteiger partial charge in [0.1, 0.15) is 5.92 Å². The maximum Gasteiger partial charge on any atom is 0.107 e. The maximum atomic E-state index is 9.35. The Labute approximate surface area is 120 Å². The molecule has 1 atom stereocenters. The second-order valence-corrected chi connectivity index (χ2v) is 6.09. The summed E-state index contributed by atoms with van der Waals surface area (Å²) in [5.41, 5.74) is 8.10. The molecule has 0 bridgehead atoms. The van der Waals surface area contributed by atoms with Gasteiger partial charge in [-0.1, -0.05) is 29.3 Å². The van der Waals surface area contributed by atoms with Crippen molar-refractivity contribution in [1.29, 1.82) is 5.26 Å². The fourth-order valence-electron chi connectivity index (χ4n) is 1.71. The molecule has 0 spiro atoms. The predicted octanol–water partition coefficient (Wildman–Crippen LogP) is 4.60. The zero-order valence-corrected chi connectivity index (χ0v) is 11.9. The van der Waals surface area contributed by atoms with Crippen LogP contribution in [0.15, 0.2) is 24.3 Å². The molecule has 0 aliphatic heterocycles. The van der Waals surface area contributed by atoms with E-state index < -0.39 is 5.92 Å². The van der Waals surface area contributed by atoms with Crippen LogP contribution >= 0.6 is 34.5 Å². The number of hydrogen-bond acceptors (Lipinski definition) is 3. The van der Waals surface area contributed by atoms with Gasteiger partial charge in [-0.25, -0.2) is 0 Å². The van der Waals surface area contributed by atoms with E-state index in [1.54, 1.807) is 12.1 Å². The number of nitrogen functional groups attached to an aromatic ring is 1. The quantitative estimate of drug-likeness (QED) is 0.823. The Morgan fingerprint density at radius 2 is 2.06 bits per heavy atom. The number of rotatable bonds is 2. The Morgan fingerprint density at radius 3 is 2.61 bits per heavy atom. The monoisotopic (exact) mass is 296 g/mol. The van der Waals surface area contributed by atoms with Gasteiger partial charge in [0, 0.05) is 15.6 Å². The molecule has 0 aliphatic carbocycles. The van der Waals surface area contributed by atoms with Crippen LogP contribution in [0.1, 0.15) is 21.9 Å². The van der Waals surface area contributed by atoms with Crippen LogP contribution in [0.2, 0.25) is 9.36 Å². The molecule has 1 aromatic carbocycles. The zero-order valence-electron chi connectivity index (χ0n) is 9.58. The van der Waals surface area contributed by atoms with Crippen LogP contribution in [0.25, 0.3) is 0 Å². The molecule has 92 valence electrons. The van der Waals surface area contributed by atoms with Crippen LogP contribution in [-0.4, -0.2) is 0 Å². The number of nitriles is 1. The van der Waals surface area contributed by atoms with E-state index in [4.69, 9.17) is 28.9 Å². The smallest absolute Gasteiger partial charge is 0.107 e. The van der Waals surface area contributed by atoms with Gasteiger partial charge in [-0.3, -0.25) is 0 Å². The first kappa shape index (κ1) is 13.2. The molecule has 2 N–H and O–H groups in total. The molecule has 2 aromatic rings. The van der Waals surface area contributed by atoms with Crippen LogP contribution in [0.3, 0.4) is 0 Å². The van der Waals surface area contributed by atoms with Crippen molar-refractivity contribution in [2.75, 3.05) is 5.73 Å². The van der Waals surface area contributed by atoms with Crippen LogP contribution in [0, 0.1) is 18.3 Å². The third kappa shape index (κ3) is 2.46. The van der Waals surface area contributed by atoms with Crippen molar-refractivity contribution < 1.29 is 0 Å². The third-order valence-corrected chi connectivity index (χ3v) is 4.33. The van der Waals surface area contributed by atoms with Crippen molar-refractivity contribution >= 4 is 40.2 Å². The van der Waals surface area contributed by atoms with Crippen LogP contribution in [0.5, 0.6) is 0 Å². The Hall–Kier alpha value is -1.21. The number of anilines is 1. The minimum atomic E-state index is -0.408. The molecule has 1 heterocycles. The molecule has 1 unspecified atom stereocenters. The normalized spacial score (nSPS) is 12.1. The molecule has 0 radical (unpaired) electrons. The molecule has 2 rings (SSSR count). The Morgan fingerprint density at radius 1 is 1.33 bits per heavy atom. The molecule has 1 aromatic heterocycles. The molecule has 18 heavy (non-hydrogen) atoms. The first-order valence-corrected chi connectivity index (χ1v) is 6.80. The number of hydrogen-bond donors (Lipinski definition) is 1. The van der Waals surface area contributed by atoms with E-state index in [0.29, 0.717) is 15.0 Å². The van der Waals surface area contributed by atoms with Gasteiger partial charge < -0.3 is 5.73 Å². The number of thiophene rings is 1. The number of nitrogens with zero attached hydrogens (tertiary/aromatic N) is 1. The predicted molar refractivity (Wildman–Crippen MR) is 77.4 cm³/mol. The van der Waals surface area contributed by atoms with Gasteiger partial charge in [0.15, 0.2) is 0 Å². The van der Waals surface area contributed by atoms with E-state index in [0.717, 1.165) is 16.0 Å². The van der Waals surface area contributed by atoms with Crippen LogP contribution in [0.4, 0.5) is 5.69 Å². The summed E-state index contributed by atoms with van der Waals surface area (Å²) in [6, 6.07) is 9.44. The molecule has 0 amide bonds. The second kappa shape index (κ2) is 5.19. The molecule has 5 heteroatoms. The highest BCUT2D eigenvalue weighted by Crippen LogP contribution is 2.36. The topological polar surface area (TPSA) is 49.8 Å². The summed E-state index contributed by atoms with van der Waals surface area (Å²) < 4.78 is 0.661. The summed E-state index contributed by atoms with van der Waals surface area (Å²) in [5, 5.41) is 9.86. The summed E-state index contributed by atoms with van der Waals surface area (Å²) in [4.78, 5) is 0.883. The van der Waals surface area contributed by atoms with Gasteiger partial charge in [-0.15, -0.1) is 11.3 Å². The van der Waals surface area contributed by atoms with Gasteiger partial charge in [-0.05, 0) is 36.2 Å². The summed E-state index contributed by atoms with van der Waals surface area (Å²) in [5.74, 6) is -0.408. The van der Waals surface area contributed by atoms with Crippen LogP contribution in [-0.2, 0) is 0 Å². The standard InChI is InChI=1S/C13H10Cl2N2S/c1-7-4-8(10(14)5-11(7)17)9(6-16)12-2-3-13(15)18-12/h2-5,9H,17H2,1H3. The Balaban J connectivity index is 2.52. The van der Waals surface area contributed by atoms with Gasteiger partial charge in [0.25, 0.3) is 0 Å². The lowest BCUT2D eigenvalue weighted by Gasteiger charge is -2.12. The molecule has 2 nitrogen and oxygen atoms in total. The lowest BCUT2D eigenvalue weighted by Crippen LogP contribution is -1.99. The lowest BCUT2D eigenvalue weighted by atomic mass is 9.96. The molecule has 0 saturated heterocycles. The molecule has 0 aliphatic rings. The molecule has 0 fully saturated rings. The number of nitrogens with two attached hydrogens (primary N) is 1. The molecular weight excluding hydrogens is 287 g/mol. The van der Waals surface area contributed by atoms with Gasteiger partial charge in [-0.2, -0.15) is 5.26 Å². The van der Waals surface area contributed by atoms with E-state index in [9.17, 15) is 5.26 Å². The van der Waals surface area contributed by atoms with Gasteiger partial charge >= 0.3 is 0 Å². The van der Waals surface area contributed by atoms with E-state index in [2.05, 4.69) is 6.07 Å². The average molecular weight is 297 g/mol. The van der Waals surface area contributed by atoms with E-state index in [-0.39, 0.29) is 0 Å². The first-order valence-electron chi connectivity index (χ1n) is 5.23. The van der Waals surface area contributed by atoms with Crippen molar-refractivity contribution in [3.05, 3.63) is 49.6 Å². The first-order chi connectivity index (χ1) is 8.52. The Bertz CT molecular complexity index is 628. The fraction of sp³-hybridized carbons (Fsp3) is 0.154. The number of aryl methyl sites for hydroxylation is 1. The average Bonchev–Trinajstić information content (AvgIpc) is 2.73.